The van der Waals surface area contributed by atoms with Crippen LogP contribution in [0.3, 0.4) is 0 Å². The summed E-state index contributed by atoms with van der Waals surface area (Å²) in [5, 5.41) is 3.39. The molecule has 16 heavy (non-hydrogen) atoms. The molecule has 0 aromatic carbocycles. The van der Waals surface area contributed by atoms with Crippen LogP contribution in [0.2, 0.25) is 0 Å². The van der Waals surface area contributed by atoms with E-state index in [4.69, 9.17) is 0 Å². The number of hydrogen-bond donors (Lipinski definition) is 1. The van der Waals surface area contributed by atoms with E-state index in [0.29, 0.717) is 25.4 Å². The molecule has 0 spiro atoms. The standard InChI is InChI=1S/C12H22N2O2/c1-3-8-13-10(2)5-4-9-14-11(15)6-7-12(14)16/h10,13H,3-9H2,1-2H3. The van der Waals surface area contributed by atoms with Crippen LogP contribution in [0.25, 0.3) is 0 Å². The topological polar surface area (TPSA) is 49.4 Å². The molecule has 0 aliphatic carbocycles. The third-order valence-electron chi connectivity index (χ3n) is 2.92. The van der Waals surface area contributed by atoms with Gasteiger partial charge in [-0.25, -0.2) is 0 Å². The van der Waals surface area contributed by atoms with E-state index >= 15 is 0 Å². The first-order chi connectivity index (χ1) is 7.65. The number of carbonyl (C=O) groups excluding carboxylic acids is 2. The summed E-state index contributed by atoms with van der Waals surface area (Å²) in [6, 6.07) is 0.466. The van der Waals surface area contributed by atoms with Crippen molar-refractivity contribution in [2.45, 2.75) is 52.0 Å². The molecule has 0 saturated carbocycles. The van der Waals surface area contributed by atoms with Crippen molar-refractivity contribution in [3.8, 4) is 0 Å². The highest BCUT2D eigenvalue weighted by Crippen LogP contribution is 2.12. The SMILES string of the molecule is CCCNC(C)CCCN1C(=O)CCC1=O. The van der Waals surface area contributed by atoms with Crippen LogP contribution in [-0.2, 0) is 9.59 Å². The Labute approximate surface area is 97.4 Å². The maximum Gasteiger partial charge on any atom is 0.229 e. The Morgan fingerprint density at radius 2 is 1.94 bits per heavy atom. The summed E-state index contributed by atoms with van der Waals surface area (Å²) >= 11 is 0. The Hall–Kier alpha value is -0.900. The molecule has 4 nitrogen and oxygen atoms in total. The Kier molecular flexibility index (Phi) is 5.46. The lowest BCUT2D eigenvalue weighted by Crippen LogP contribution is -2.32. The molecule has 1 N–H and O–H groups in total. The highest BCUT2D eigenvalue weighted by molar-refractivity contribution is 6.01. The highest BCUT2D eigenvalue weighted by atomic mass is 16.2. The zero-order valence-electron chi connectivity index (χ0n) is 10.3. The normalized spacial score (nSPS) is 18.2. The van der Waals surface area contributed by atoms with Crippen molar-refractivity contribution in [3.63, 3.8) is 0 Å². The van der Waals surface area contributed by atoms with Gasteiger partial charge in [-0.15, -0.1) is 0 Å². The minimum atomic E-state index is -0.000768. The van der Waals surface area contributed by atoms with Crippen LogP contribution in [0.4, 0.5) is 0 Å². The van der Waals surface area contributed by atoms with Crippen molar-refractivity contribution in [2.75, 3.05) is 13.1 Å². The fourth-order valence-electron chi connectivity index (χ4n) is 1.92. The fourth-order valence-corrected chi connectivity index (χ4v) is 1.92. The van der Waals surface area contributed by atoms with Crippen LogP contribution in [0.15, 0.2) is 0 Å². The van der Waals surface area contributed by atoms with Gasteiger partial charge >= 0.3 is 0 Å². The molecule has 0 aromatic heterocycles. The molecule has 0 bridgehead atoms. The summed E-state index contributed by atoms with van der Waals surface area (Å²) in [5.41, 5.74) is 0. The molecule has 4 heteroatoms. The van der Waals surface area contributed by atoms with Gasteiger partial charge < -0.3 is 5.32 Å². The smallest absolute Gasteiger partial charge is 0.229 e. The molecule has 1 saturated heterocycles. The second kappa shape index (κ2) is 6.63. The predicted octanol–water partition coefficient (Wildman–Crippen LogP) is 1.30. The zero-order valence-corrected chi connectivity index (χ0v) is 10.3. The Morgan fingerprint density at radius 1 is 1.31 bits per heavy atom. The van der Waals surface area contributed by atoms with E-state index in [2.05, 4.69) is 19.2 Å². The molecule has 2 amide bonds. The maximum absolute atomic E-state index is 11.3. The number of nitrogens with one attached hydrogen (secondary N) is 1. The zero-order chi connectivity index (χ0) is 12.0. The van der Waals surface area contributed by atoms with Crippen LogP contribution in [0.1, 0.15) is 46.0 Å². The van der Waals surface area contributed by atoms with E-state index in [1.807, 2.05) is 0 Å². The van der Waals surface area contributed by atoms with E-state index in [9.17, 15) is 9.59 Å². The van der Waals surface area contributed by atoms with Crippen molar-refractivity contribution < 1.29 is 9.59 Å². The summed E-state index contributed by atoms with van der Waals surface area (Å²) in [4.78, 5) is 24.1. The van der Waals surface area contributed by atoms with Crippen LogP contribution in [0, 0.1) is 0 Å². The van der Waals surface area contributed by atoms with Gasteiger partial charge in [-0.3, -0.25) is 14.5 Å². The number of hydrogen-bond acceptors (Lipinski definition) is 3. The van der Waals surface area contributed by atoms with Gasteiger partial charge in [0.15, 0.2) is 0 Å². The third-order valence-corrected chi connectivity index (χ3v) is 2.92. The molecule has 92 valence electrons. The first-order valence-corrected chi connectivity index (χ1v) is 6.21. The van der Waals surface area contributed by atoms with Gasteiger partial charge in [0.25, 0.3) is 0 Å². The van der Waals surface area contributed by atoms with Crippen molar-refractivity contribution in [2.24, 2.45) is 0 Å². The maximum atomic E-state index is 11.3. The largest absolute Gasteiger partial charge is 0.314 e. The Morgan fingerprint density at radius 3 is 2.50 bits per heavy atom. The van der Waals surface area contributed by atoms with Crippen molar-refractivity contribution in [1.29, 1.82) is 0 Å². The van der Waals surface area contributed by atoms with E-state index in [-0.39, 0.29) is 11.8 Å². The number of amides is 2. The summed E-state index contributed by atoms with van der Waals surface area (Å²) < 4.78 is 0. The van der Waals surface area contributed by atoms with Gasteiger partial charge in [-0.1, -0.05) is 6.92 Å². The van der Waals surface area contributed by atoms with E-state index in [1.54, 1.807) is 0 Å². The van der Waals surface area contributed by atoms with Gasteiger partial charge in [0.1, 0.15) is 0 Å². The number of likely N-dealkylation sites (tertiary alicyclic amines) is 1. The molecular weight excluding hydrogens is 204 g/mol. The lowest BCUT2D eigenvalue weighted by atomic mass is 10.1. The summed E-state index contributed by atoms with van der Waals surface area (Å²) in [5.74, 6) is -0.00154. The molecule has 1 heterocycles. The average molecular weight is 226 g/mol. The fraction of sp³-hybridized carbons (Fsp3) is 0.833. The Balaban J connectivity index is 2.15. The summed E-state index contributed by atoms with van der Waals surface area (Å²) in [6.07, 6.45) is 3.85. The molecule has 0 aromatic rings. The number of carbonyl (C=O) groups is 2. The van der Waals surface area contributed by atoms with E-state index in [0.717, 1.165) is 25.8 Å². The molecule has 1 aliphatic heterocycles. The van der Waals surface area contributed by atoms with Crippen LogP contribution in [-0.4, -0.2) is 35.8 Å². The summed E-state index contributed by atoms with van der Waals surface area (Å²) in [7, 11) is 0. The van der Waals surface area contributed by atoms with Gasteiger partial charge in [-0.05, 0) is 32.7 Å². The highest BCUT2D eigenvalue weighted by Gasteiger charge is 2.27. The van der Waals surface area contributed by atoms with Crippen LogP contribution in [0.5, 0.6) is 0 Å². The Bertz CT molecular complexity index is 237. The van der Waals surface area contributed by atoms with Crippen molar-refractivity contribution in [1.82, 2.24) is 10.2 Å². The second-order valence-corrected chi connectivity index (χ2v) is 4.44. The number of nitrogens with zero attached hydrogens (tertiary/aromatic N) is 1. The van der Waals surface area contributed by atoms with E-state index < -0.39 is 0 Å². The molecule has 1 rings (SSSR count). The van der Waals surface area contributed by atoms with Gasteiger partial charge in [0.2, 0.25) is 11.8 Å². The first kappa shape index (κ1) is 13.2. The molecule has 1 fully saturated rings. The number of rotatable bonds is 7. The monoisotopic (exact) mass is 226 g/mol. The van der Waals surface area contributed by atoms with Gasteiger partial charge in [0, 0.05) is 25.4 Å². The van der Waals surface area contributed by atoms with Crippen LogP contribution < -0.4 is 5.32 Å². The van der Waals surface area contributed by atoms with E-state index in [1.165, 1.54) is 4.90 Å². The van der Waals surface area contributed by atoms with Crippen molar-refractivity contribution >= 4 is 11.8 Å². The van der Waals surface area contributed by atoms with Gasteiger partial charge in [-0.2, -0.15) is 0 Å². The van der Waals surface area contributed by atoms with Gasteiger partial charge in [0.05, 0.1) is 0 Å². The molecule has 1 aliphatic rings. The minimum Gasteiger partial charge on any atom is -0.314 e. The third kappa shape index (κ3) is 3.93. The predicted molar refractivity (Wildman–Crippen MR) is 62.9 cm³/mol. The summed E-state index contributed by atoms with van der Waals surface area (Å²) in [6.45, 7) is 5.91. The quantitative estimate of drug-likeness (QED) is 0.666. The molecule has 1 unspecified atom stereocenters. The second-order valence-electron chi connectivity index (χ2n) is 4.44. The molecular formula is C12H22N2O2. The number of imide groups is 1. The lowest BCUT2D eigenvalue weighted by molar-refractivity contribution is -0.138. The minimum absolute atomic E-state index is 0.000768. The average Bonchev–Trinajstić information content (AvgIpc) is 2.57. The van der Waals surface area contributed by atoms with Crippen LogP contribution >= 0.6 is 0 Å². The molecule has 1 atom stereocenters. The molecule has 0 radical (unpaired) electrons. The lowest BCUT2D eigenvalue weighted by Gasteiger charge is -2.16. The first-order valence-electron chi connectivity index (χ1n) is 6.21. The van der Waals surface area contributed by atoms with Crippen molar-refractivity contribution in [3.05, 3.63) is 0 Å².